The van der Waals surface area contributed by atoms with Gasteiger partial charge in [-0.3, -0.25) is 4.79 Å². The van der Waals surface area contributed by atoms with Gasteiger partial charge < -0.3 is 14.7 Å². The van der Waals surface area contributed by atoms with Gasteiger partial charge in [0.15, 0.2) is 5.60 Å². The summed E-state index contributed by atoms with van der Waals surface area (Å²) in [6.07, 6.45) is 1.59. The van der Waals surface area contributed by atoms with E-state index in [-0.39, 0.29) is 6.61 Å². The van der Waals surface area contributed by atoms with Crippen LogP contribution in [0.4, 0.5) is 0 Å². The molecule has 0 bridgehead atoms. The van der Waals surface area contributed by atoms with Gasteiger partial charge in [0.05, 0.1) is 0 Å². The Hall–Kier alpha value is -1.79. The van der Waals surface area contributed by atoms with Crippen LogP contribution in [0, 0.1) is 5.41 Å². The molecule has 1 aromatic carbocycles. The predicted molar refractivity (Wildman–Crippen MR) is 101 cm³/mol. The van der Waals surface area contributed by atoms with Crippen molar-refractivity contribution in [3.05, 3.63) is 48.6 Å². The molecule has 1 N–H and O–H groups in total. The number of hydrogen-bond donors (Lipinski definition) is 1. The molecule has 26 heavy (non-hydrogen) atoms. The Labute approximate surface area is 158 Å². The first-order chi connectivity index (χ1) is 12.1. The molecule has 0 aliphatic carbocycles. The third-order valence-corrected chi connectivity index (χ3v) is 7.08. The van der Waals surface area contributed by atoms with Gasteiger partial charge in [-0.25, -0.2) is 4.79 Å². The van der Waals surface area contributed by atoms with Crippen molar-refractivity contribution in [1.82, 2.24) is 4.90 Å². The lowest BCUT2D eigenvalue weighted by molar-refractivity contribution is -0.204. The zero-order valence-corrected chi connectivity index (χ0v) is 16.4. The SMILES string of the molecule is C=CC(C)(C)[C@@]1(O)C(=O)N2[C@@H](C(=O)OCc3ccccc3)C(C)(C)S[C@@H]21. The number of carbonyl (C=O) groups excluding carboxylic acids is 2. The number of thioether (sulfide) groups is 1. The van der Waals surface area contributed by atoms with Gasteiger partial charge in [-0.05, 0) is 19.4 Å². The Morgan fingerprint density at radius 3 is 2.58 bits per heavy atom. The molecular formula is C20H25NO4S. The van der Waals surface area contributed by atoms with E-state index in [1.54, 1.807) is 19.9 Å². The van der Waals surface area contributed by atoms with E-state index in [0.717, 1.165) is 5.56 Å². The molecule has 0 saturated carbocycles. The highest BCUT2D eigenvalue weighted by atomic mass is 32.2. The number of ether oxygens (including phenoxy) is 1. The minimum absolute atomic E-state index is 0.159. The van der Waals surface area contributed by atoms with E-state index in [1.165, 1.54) is 16.7 Å². The van der Waals surface area contributed by atoms with Crippen LogP contribution in [0.25, 0.3) is 0 Å². The molecule has 1 aromatic rings. The summed E-state index contributed by atoms with van der Waals surface area (Å²) in [7, 11) is 0. The van der Waals surface area contributed by atoms with E-state index in [0.29, 0.717) is 0 Å². The van der Waals surface area contributed by atoms with Crippen molar-refractivity contribution in [2.45, 2.75) is 56.1 Å². The smallest absolute Gasteiger partial charge is 0.330 e. The Morgan fingerprint density at radius 1 is 1.38 bits per heavy atom. The molecule has 2 aliphatic heterocycles. The van der Waals surface area contributed by atoms with Gasteiger partial charge in [-0.2, -0.15) is 0 Å². The molecule has 0 unspecified atom stereocenters. The minimum Gasteiger partial charge on any atom is -0.459 e. The molecule has 140 valence electrons. The second kappa shape index (κ2) is 6.13. The normalized spacial score (nSPS) is 29.7. The van der Waals surface area contributed by atoms with Crippen molar-refractivity contribution in [2.24, 2.45) is 5.41 Å². The first kappa shape index (κ1) is 19.0. The van der Waals surface area contributed by atoms with Gasteiger partial charge in [0, 0.05) is 10.2 Å². The molecule has 5 nitrogen and oxygen atoms in total. The lowest BCUT2D eigenvalue weighted by atomic mass is 9.68. The van der Waals surface area contributed by atoms with E-state index in [4.69, 9.17) is 4.74 Å². The number of benzene rings is 1. The summed E-state index contributed by atoms with van der Waals surface area (Å²) >= 11 is 1.44. The number of esters is 1. The number of aliphatic hydroxyl groups is 1. The molecule has 3 rings (SSSR count). The summed E-state index contributed by atoms with van der Waals surface area (Å²) in [6, 6.07) is 8.69. The number of carbonyl (C=O) groups is 2. The van der Waals surface area contributed by atoms with Crippen LogP contribution >= 0.6 is 11.8 Å². The van der Waals surface area contributed by atoms with Gasteiger partial charge in [0.25, 0.3) is 5.91 Å². The van der Waals surface area contributed by atoms with Gasteiger partial charge in [0.1, 0.15) is 18.0 Å². The molecule has 2 heterocycles. The van der Waals surface area contributed by atoms with Crippen LogP contribution in [0.1, 0.15) is 33.3 Å². The van der Waals surface area contributed by atoms with E-state index >= 15 is 0 Å². The van der Waals surface area contributed by atoms with Crippen LogP contribution in [0.5, 0.6) is 0 Å². The monoisotopic (exact) mass is 375 g/mol. The maximum atomic E-state index is 12.9. The van der Waals surface area contributed by atoms with Crippen LogP contribution < -0.4 is 0 Å². The average Bonchev–Trinajstić information content (AvgIpc) is 2.88. The molecule has 3 atom stereocenters. The lowest BCUT2D eigenvalue weighted by Crippen LogP contribution is -2.78. The quantitative estimate of drug-likeness (QED) is 0.487. The van der Waals surface area contributed by atoms with Crippen LogP contribution in [0.15, 0.2) is 43.0 Å². The van der Waals surface area contributed by atoms with Gasteiger partial charge in [-0.1, -0.05) is 50.3 Å². The largest absolute Gasteiger partial charge is 0.459 e. The van der Waals surface area contributed by atoms with Crippen LogP contribution in [0.3, 0.4) is 0 Å². The lowest BCUT2D eigenvalue weighted by Gasteiger charge is -2.56. The second-order valence-corrected chi connectivity index (χ2v) is 9.71. The highest BCUT2D eigenvalue weighted by Crippen LogP contribution is 2.59. The summed E-state index contributed by atoms with van der Waals surface area (Å²) in [4.78, 5) is 27.1. The van der Waals surface area contributed by atoms with E-state index in [9.17, 15) is 14.7 Å². The molecule has 2 aliphatic rings. The summed E-state index contributed by atoms with van der Waals surface area (Å²) in [5.74, 6) is -0.882. The highest BCUT2D eigenvalue weighted by Gasteiger charge is 2.74. The topological polar surface area (TPSA) is 66.8 Å². The zero-order valence-electron chi connectivity index (χ0n) is 15.6. The minimum atomic E-state index is -1.56. The molecule has 2 fully saturated rings. The number of β-lactam (4-membered cyclic amide) rings is 1. The summed E-state index contributed by atoms with van der Waals surface area (Å²) in [5, 5.41) is 10.6. The standard InChI is InChI=1S/C20H25NO4S/c1-6-18(2,3)20(24)16(23)21-14(19(4,5)26-17(20)21)15(22)25-12-13-10-8-7-9-11-13/h6-11,14,17,24H,1,12H2,2-5H3/t14-,17+,20+/m0/s1. The third-order valence-electron chi connectivity index (χ3n) is 5.46. The number of fused-ring (bicyclic) bond motifs is 1. The summed E-state index contributed by atoms with van der Waals surface area (Å²) in [5.41, 5.74) is -1.47. The third kappa shape index (κ3) is 2.58. The van der Waals surface area contributed by atoms with Crippen molar-refractivity contribution in [1.29, 1.82) is 0 Å². The fraction of sp³-hybridized carbons (Fsp3) is 0.500. The van der Waals surface area contributed by atoms with E-state index in [2.05, 4.69) is 6.58 Å². The average molecular weight is 375 g/mol. The molecule has 6 heteroatoms. The van der Waals surface area contributed by atoms with Crippen molar-refractivity contribution in [2.75, 3.05) is 0 Å². The van der Waals surface area contributed by atoms with Crippen LogP contribution in [0.2, 0.25) is 0 Å². The number of amides is 1. The van der Waals surface area contributed by atoms with Gasteiger partial charge in [-0.15, -0.1) is 18.3 Å². The number of hydrogen-bond acceptors (Lipinski definition) is 5. The van der Waals surface area contributed by atoms with Crippen molar-refractivity contribution in [3.63, 3.8) is 0 Å². The van der Waals surface area contributed by atoms with Crippen LogP contribution in [-0.2, 0) is 20.9 Å². The molecule has 0 radical (unpaired) electrons. The van der Waals surface area contributed by atoms with Crippen molar-refractivity contribution < 1.29 is 19.4 Å². The summed E-state index contributed by atoms with van der Waals surface area (Å²) < 4.78 is 4.92. The fourth-order valence-corrected chi connectivity index (χ4v) is 5.40. The molecule has 2 saturated heterocycles. The van der Waals surface area contributed by atoms with E-state index < -0.39 is 39.1 Å². The highest BCUT2D eigenvalue weighted by molar-refractivity contribution is 8.01. The van der Waals surface area contributed by atoms with Gasteiger partial charge in [0.2, 0.25) is 0 Å². The number of nitrogens with zero attached hydrogens (tertiary/aromatic N) is 1. The first-order valence-corrected chi connectivity index (χ1v) is 9.51. The van der Waals surface area contributed by atoms with Crippen molar-refractivity contribution >= 4 is 23.6 Å². The van der Waals surface area contributed by atoms with Crippen molar-refractivity contribution in [3.8, 4) is 0 Å². The zero-order chi connectivity index (χ0) is 19.3. The first-order valence-electron chi connectivity index (χ1n) is 8.63. The fourth-order valence-electron chi connectivity index (χ4n) is 3.58. The van der Waals surface area contributed by atoms with Gasteiger partial charge >= 0.3 is 5.97 Å². The Bertz CT molecular complexity index is 745. The molecule has 1 amide bonds. The Balaban J connectivity index is 1.80. The molecule has 0 spiro atoms. The van der Waals surface area contributed by atoms with Crippen LogP contribution in [-0.4, -0.2) is 43.6 Å². The summed E-state index contributed by atoms with van der Waals surface area (Å²) in [6.45, 7) is 11.3. The maximum absolute atomic E-state index is 12.9. The second-order valence-electron chi connectivity index (χ2n) is 7.97. The van der Waals surface area contributed by atoms with E-state index in [1.807, 2.05) is 44.2 Å². The predicted octanol–water partition coefficient (Wildman–Crippen LogP) is 2.74. The molecular weight excluding hydrogens is 350 g/mol. The maximum Gasteiger partial charge on any atom is 0.330 e. The number of rotatable bonds is 5. The molecule has 0 aromatic heterocycles. The Morgan fingerprint density at radius 2 is 2.00 bits per heavy atom. The Kier molecular flexibility index (Phi) is 4.48.